The van der Waals surface area contributed by atoms with Gasteiger partial charge in [-0.3, -0.25) is 4.79 Å². The second-order valence-corrected chi connectivity index (χ2v) is 4.12. The number of hydrogen-bond acceptors (Lipinski definition) is 5. The van der Waals surface area contributed by atoms with Crippen molar-refractivity contribution in [3.8, 4) is 11.5 Å². The lowest BCUT2D eigenvalue weighted by molar-refractivity contribution is -0.118. The minimum absolute atomic E-state index is 0.162. The van der Waals surface area contributed by atoms with Gasteiger partial charge in [0.2, 0.25) is 0 Å². The fraction of sp³-hybridized carbons (Fsp3) is 0.154. The number of carbonyl (C=O) groups is 1. The van der Waals surface area contributed by atoms with Gasteiger partial charge in [0, 0.05) is 0 Å². The summed E-state index contributed by atoms with van der Waals surface area (Å²) in [5.41, 5.74) is 0. The summed E-state index contributed by atoms with van der Waals surface area (Å²) in [5.74, 6) is 1.01. The molecule has 0 radical (unpaired) electrons. The van der Waals surface area contributed by atoms with Crippen molar-refractivity contribution >= 4 is 23.3 Å². The number of ether oxygens (including phenoxy) is 2. The first-order valence-electron chi connectivity index (χ1n) is 5.74. The van der Waals surface area contributed by atoms with Crippen LogP contribution >= 0.6 is 11.6 Å². The summed E-state index contributed by atoms with van der Waals surface area (Å²) < 4.78 is 10.5. The Balaban J connectivity index is 1.90. The lowest BCUT2D eigenvalue weighted by Crippen LogP contribution is -2.21. The molecule has 1 aromatic heterocycles. The van der Waals surface area contributed by atoms with Crippen molar-refractivity contribution in [3.63, 3.8) is 0 Å². The number of amides is 1. The van der Waals surface area contributed by atoms with E-state index in [-0.39, 0.29) is 17.7 Å². The zero-order chi connectivity index (χ0) is 14.4. The lowest BCUT2D eigenvalue weighted by Gasteiger charge is -2.09. The van der Waals surface area contributed by atoms with Crippen LogP contribution in [0.4, 0.5) is 5.82 Å². The smallest absolute Gasteiger partial charge is 0.263 e. The molecule has 6 nitrogen and oxygen atoms in total. The van der Waals surface area contributed by atoms with Crippen LogP contribution in [0.25, 0.3) is 0 Å². The van der Waals surface area contributed by atoms with Gasteiger partial charge in [0.05, 0.1) is 7.11 Å². The Morgan fingerprint density at radius 1 is 1.20 bits per heavy atom. The summed E-state index contributed by atoms with van der Waals surface area (Å²) in [6, 6.07) is 10.2. The fourth-order valence-corrected chi connectivity index (χ4v) is 1.54. The summed E-state index contributed by atoms with van der Waals surface area (Å²) in [6.45, 7) is -0.162. The van der Waals surface area contributed by atoms with Gasteiger partial charge in [-0.05, 0) is 24.3 Å². The molecule has 0 unspecified atom stereocenters. The van der Waals surface area contributed by atoms with Crippen LogP contribution in [0.15, 0.2) is 36.4 Å². The van der Waals surface area contributed by atoms with Gasteiger partial charge >= 0.3 is 0 Å². The van der Waals surface area contributed by atoms with Crippen LogP contribution in [-0.4, -0.2) is 29.8 Å². The number of para-hydroxylation sites is 2. The highest BCUT2D eigenvalue weighted by Gasteiger charge is 2.08. The molecule has 2 aromatic rings. The molecule has 20 heavy (non-hydrogen) atoms. The molecule has 1 N–H and O–H groups in total. The molecule has 7 heteroatoms. The highest BCUT2D eigenvalue weighted by atomic mass is 35.5. The van der Waals surface area contributed by atoms with E-state index in [0.29, 0.717) is 17.3 Å². The molecular formula is C13H12ClN3O3. The lowest BCUT2D eigenvalue weighted by atomic mass is 10.3. The summed E-state index contributed by atoms with van der Waals surface area (Å²) in [6.07, 6.45) is 0. The maximum Gasteiger partial charge on any atom is 0.263 e. The van der Waals surface area contributed by atoms with E-state index in [1.165, 1.54) is 13.2 Å². The number of methoxy groups -OCH3 is 1. The highest BCUT2D eigenvalue weighted by molar-refractivity contribution is 6.29. The Hall–Kier alpha value is -2.34. The van der Waals surface area contributed by atoms with Crippen LogP contribution in [0.3, 0.4) is 0 Å². The van der Waals surface area contributed by atoms with E-state index in [9.17, 15) is 4.79 Å². The van der Waals surface area contributed by atoms with E-state index >= 15 is 0 Å². The Kier molecular flexibility index (Phi) is 4.73. The third kappa shape index (κ3) is 3.83. The standard InChI is InChI=1S/C13H12ClN3O3/c1-19-9-4-2-3-5-10(9)20-8-13(18)15-12-7-6-11(14)16-17-12/h2-7H,8H2,1H3,(H,15,17,18). The van der Waals surface area contributed by atoms with Gasteiger partial charge in [-0.2, -0.15) is 0 Å². The largest absolute Gasteiger partial charge is 0.493 e. The zero-order valence-corrected chi connectivity index (χ0v) is 11.4. The predicted octanol–water partition coefficient (Wildman–Crippen LogP) is 2.16. The SMILES string of the molecule is COc1ccccc1OCC(=O)Nc1ccc(Cl)nn1. The van der Waals surface area contributed by atoms with Crippen LogP contribution in [0.5, 0.6) is 11.5 Å². The molecule has 0 spiro atoms. The minimum Gasteiger partial charge on any atom is -0.493 e. The Morgan fingerprint density at radius 2 is 1.95 bits per heavy atom. The number of nitrogens with one attached hydrogen (secondary N) is 1. The van der Waals surface area contributed by atoms with Crippen molar-refractivity contribution in [2.45, 2.75) is 0 Å². The molecule has 0 fully saturated rings. The molecule has 0 saturated heterocycles. The summed E-state index contributed by atoms with van der Waals surface area (Å²) in [7, 11) is 1.53. The second-order valence-electron chi connectivity index (χ2n) is 3.73. The first-order valence-corrected chi connectivity index (χ1v) is 6.12. The number of benzene rings is 1. The molecule has 1 amide bonds. The number of hydrogen-bond donors (Lipinski definition) is 1. The summed E-state index contributed by atoms with van der Waals surface area (Å²) in [5, 5.41) is 10.1. The van der Waals surface area contributed by atoms with E-state index in [0.717, 1.165) is 0 Å². The Bertz CT molecular complexity index is 590. The highest BCUT2D eigenvalue weighted by Crippen LogP contribution is 2.25. The van der Waals surface area contributed by atoms with Crippen molar-refractivity contribution in [3.05, 3.63) is 41.6 Å². The van der Waals surface area contributed by atoms with Crippen LogP contribution in [-0.2, 0) is 4.79 Å². The van der Waals surface area contributed by atoms with Crippen LogP contribution in [0, 0.1) is 0 Å². The van der Waals surface area contributed by atoms with E-state index < -0.39 is 0 Å². The topological polar surface area (TPSA) is 73.3 Å². The molecule has 0 saturated carbocycles. The fourth-order valence-electron chi connectivity index (χ4n) is 1.44. The maximum absolute atomic E-state index is 11.7. The molecule has 1 aromatic carbocycles. The van der Waals surface area contributed by atoms with Crippen molar-refractivity contribution in [1.82, 2.24) is 10.2 Å². The van der Waals surface area contributed by atoms with E-state index in [4.69, 9.17) is 21.1 Å². The molecule has 0 aliphatic rings. The average Bonchev–Trinajstić information content (AvgIpc) is 2.48. The van der Waals surface area contributed by atoms with Gasteiger partial charge in [-0.1, -0.05) is 23.7 Å². The van der Waals surface area contributed by atoms with Gasteiger partial charge in [0.25, 0.3) is 5.91 Å². The van der Waals surface area contributed by atoms with E-state index in [1.807, 2.05) is 6.07 Å². The molecule has 0 atom stereocenters. The van der Waals surface area contributed by atoms with Gasteiger partial charge in [0.15, 0.2) is 29.1 Å². The summed E-state index contributed by atoms with van der Waals surface area (Å²) >= 11 is 5.60. The van der Waals surface area contributed by atoms with Crippen molar-refractivity contribution in [2.75, 3.05) is 19.0 Å². The zero-order valence-electron chi connectivity index (χ0n) is 10.7. The molecule has 0 aliphatic carbocycles. The normalized spacial score (nSPS) is 9.90. The molecule has 0 bridgehead atoms. The van der Waals surface area contributed by atoms with Crippen molar-refractivity contribution < 1.29 is 14.3 Å². The molecule has 1 heterocycles. The number of nitrogens with zero attached hydrogens (tertiary/aromatic N) is 2. The predicted molar refractivity (Wildman–Crippen MR) is 74.2 cm³/mol. The van der Waals surface area contributed by atoms with E-state index in [1.54, 1.807) is 24.3 Å². The molecular weight excluding hydrogens is 282 g/mol. The van der Waals surface area contributed by atoms with Crippen molar-refractivity contribution in [1.29, 1.82) is 0 Å². The van der Waals surface area contributed by atoms with Crippen LogP contribution in [0.1, 0.15) is 0 Å². The number of halogens is 1. The maximum atomic E-state index is 11.7. The van der Waals surface area contributed by atoms with Gasteiger partial charge in [-0.15, -0.1) is 10.2 Å². The third-order valence-corrected chi connectivity index (χ3v) is 2.53. The van der Waals surface area contributed by atoms with Crippen LogP contribution in [0.2, 0.25) is 5.15 Å². The second kappa shape index (κ2) is 6.72. The average molecular weight is 294 g/mol. The van der Waals surface area contributed by atoms with E-state index in [2.05, 4.69) is 15.5 Å². The number of anilines is 1. The Morgan fingerprint density at radius 3 is 2.60 bits per heavy atom. The van der Waals surface area contributed by atoms with Gasteiger partial charge in [0.1, 0.15) is 0 Å². The number of carbonyl (C=O) groups excluding carboxylic acids is 1. The van der Waals surface area contributed by atoms with Crippen LogP contribution < -0.4 is 14.8 Å². The van der Waals surface area contributed by atoms with Crippen molar-refractivity contribution in [2.24, 2.45) is 0 Å². The minimum atomic E-state index is -0.354. The van der Waals surface area contributed by atoms with Gasteiger partial charge < -0.3 is 14.8 Å². The first-order chi connectivity index (χ1) is 9.69. The first kappa shape index (κ1) is 14.1. The van der Waals surface area contributed by atoms with Gasteiger partial charge in [-0.25, -0.2) is 0 Å². The number of rotatable bonds is 5. The molecule has 0 aliphatic heterocycles. The summed E-state index contributed by atoms with van der Waals surface area (Å²) in [4.78, 5) is 11.7. The third-order valence-electron chi connectivity index (χ3n) is 2.33. The molecule has 104 valence electrons. The quantitative estimate of drug-likeness (QED) is 0.914. The monoisotopic (exact) mass is 293 g/mol. The molecule has 2 rings (SSSR count). The number of aromatic nitrogens is 2. The Labute approximate surface area is 120 Å².